The Balaban J connectivity index is 1.75. The van der Waals surface area contributed by atoms with Crippen LogP contribution >= 0.6 is 0 Å². The fraction of sp³-hybridized carbons (Fsp3) is 0.300. The minimum Gasteiger partial charge on any atom is -0.372 e. The molecule has 3 nitrogen and oxygen atoms in total. The van der Waals surface area contributed by atoms with Crippen LogP contribution < -0.4 is 4.90 Å². The van der Waals surface area contributed by atoms with Crippen LogP contribution in [0.25, 0.3) is 0 Å². The summed E-state index contributed by atoms with van der Waals surface area (Å²) in [6.45, 7) is 6.02. The summed E-state index contributed by atoms with van der Waals surface area (Å²) in [5.74, 6) is 0.0777. The molecule has 1 saturated heterocycles. The zero-order chi connectivity index (χ0) is 16.2. The normalized spacial score (nSPS) is 14.6. The molecule has 0 unspecified atom stereocenters. The third-order valence-electron chi connectivity index (χ3n) is 4.35. The highest BCUT2D eigenvalue weighted by atomic mass is 16.1. The highest BCUT2D eigenvalue weighted by molar-refractivity contribution is 5.94. The van der Waals surface area contributed by atoms with Crippen molar-refractivity contribution in [2.24, 2.45) is 4.99 Å². The number of aliphatic imine (C=N–C) groups is 1. The van der Waals surface area contributed by atoms with Crippen LogP contribution in [0, 0.1) is 6.92 Å². The molecular formula is C20H22N2O. The number of carbonyl (C=O) groups excluding carboxylic acids is 1. The van der Waals surface area contributed by atoms with Gasteiger partial charge in [-0.15, -0.1) is 0 Å². The minimum absolute atomic E-state index is 0.0777. The number of benzene rings is 2. The smallest absolute Gasteiger partial charge is 0.159 e. The Kier molecular flexibility index (Phi) is 4.56. The summed E-state index contributed by atoms with van der Waals surface area (Å²) in [6, 6.07) is 13.9. The van der Waals surface area contributed by atoms with Crippen molar-refractivity contribution in [1.29, 1.82) is 0 Å². The van der Waals surface area contributed by atoms with Crippen molar-refractivity contribution in [3.05, 3.63) is 59.2 Å². The molecular weight excluding hydrogens is 284 g/mol. The van der Waals surface area contributed by atoms with Crippen LogP contribution in [0.3, 0.4) is 0 Å². The third kappa shape index (κ3) is 3.67. The molecule has 3 rings (SSSR count). The quantitative estimate of drug-likeness (QED) is 0.613. The van der Waals surface area contributed by atoms with Crippen LogP contribution in [-0.2, 0) is 0 Å². The van der Waals surface area contributed by atoms with Crippen molar-refractivity contribution in [1.82, 2.24) is 0 Å². The fourth-order valence-corrected chi connectivity index (χ4v) is 2.90. The Morgan fingerprint density at radius 3 is 2.39 bits per heavy atom. The topological polar surface area (TPSA) is 32.7 Å². The van der Waals surface area contributed by atoms with Crippen LogP contribution in [0.1, 0.15) is 41.3 Å². The zero-order valence-corrected chi connectivity index (χ0v) is 13.7. The predicted molar refractivity (Wildman–Crippen MR) is 96.3 cm³/mol. The number of hydrogen-bond donors (Lipinski definition) is 0. The molecule has 0 aliphatic carbocycles. The fourth-order valence-electron chi connectivity index (χ4n) is 2.90. The Hall–Kier alpha value is -2.42. The van der Waals surface area contributed by atoms with E-state index in [1.165, 1.54) is 24.1 Å². The van der Waals surface area contributed by atoms with Gasteiger partial charge in [0, 0.05) is 30.6 Å². The van der Waals surface area contributed by atoms with Crippen molar-refractivity contribution < 1.29 is 4.79 Å². The van der Waals surface area contributed by atoms with Crippen LogP contribution in [0.15, 0.2) is 47.5 Å². The summed E-state index contributed by atoms with van der Waals surface area (Å²) < 4.78 is 0. The molecule has 118 valence electrons. The largest absolute Gasteiger partial charge is 0.372 e. The zero-order valence-electron chi connectivity index (χ0n) is 13.7. The summed E-state index contributed by atoms with van der Waals surface area (Å²) in [7, 11) is 0. The second kappa shape index (κ2) is 6.78. The first-order valence-corrected chi connectivity index (χ1v) is 8.14. The molecule has 1 fully saturated rings. The maximum atomic E-state index is 11.3. The van der Waals surface area contributed by atoms with Crippen molar-refractivity contribution in [3.63, 3.8) is 0 Å². The van der Waals surface area contributed by atoms with Crippen LogP contribution in [0.2, 0.25) is 0 Å². The highest BCUT2D eigenvalue weighted by Crippen LogP contribution is 2.23. The molecule has 3 heteroatoms. The molecule has 1 aliphatic heterocycles. The molecule has 1 aliphatic rings. The average molecular weight is 306 g/mol. The predicted octanol–water partition coefficient (Wildman–Crippen LogP) is 4.55. The molecule has 23 heavy (non-hydrogen) atoms. The lowest BCUT2D eigenvalue weighted by atomic mass is 10.1. The van der Waals surface area contributed by atoms with Gasteiger partial charge in [0.05, 0.1) is 5.69 Å². The van der Waals surface area contributed by atoms with E-state index in [2.05, 4.69) is 35.0 Å². The van der Waals surface area contributed by atoms with Crippen molar-refractivity contribution >= 4 is 23.4 Å². The van der Waals surface area contributed by atoms with Crippen LogP contribution in [0.4, 0.5) is 11.4 Å². The van der Waals surface area contributed by atoms with Crippen LogP contribution in [-0.4, -0.2) is 25.1 Å². The number of ketones is 1. The van der Waals surface area contributed by atoms with Gasteiger partial charge < -0.3 is 4.90 Å². The van der Waals surface area contributed by atoms with Gasteiger partial charge in [-0.2, -0.15) is 0 Å². The monoisotopic (exact) mass is 306 g/mol. The molecule has 2 aromatic rings. The molecule has 0 N–H and O–H groups in total. The van der Waals surface area contributed by atoms with E-state index in [1.807, 2.05) is 30.5 Å². The maximum Gasteiger partial charge on any atom is 0.159 e. The summed E-state index contributed by atoms with van der Waals surface area (Å²) in [4.78, 5) is 18.2. The van der Waals surface area contributed by atoms with E-state index in [0.29, 0.717) is 0 Å². The Labute approximate surface area is 137 Å². The number of carbonyl (C=O) groups is 1. The van der Waals surface area contributed by atoms with E-state index in [0.717, 1.165) is 29.9 Å². The summed E-state index contributed by atoms with van der Waals surface area (Å²) in [5.41, 5.74) is 5.25. The summed E-state index contributed by atoms with van der Waals surface area (Å²) in [5, 5.41) is 0. The molecule has 2 aromatic carbocycles. The summed E-state index contributed by atoms with van der Waals surface area (Å²) >= 11 is 0. The molecule has 1 heterocycles. The minimum atomic E-state index is 0.0777. The van der Waals surface area contributed by atoms with Gasteiger partial charge in [-0.25, -0.2) is 0 Å². The first kappa shape index (κ1) is 15.5. The molecule has 0 radical (unpaired) electrons. The number of hydrogen-bond acceptors (Lipinski definition) is 3. The number of nitrogens with zero attached hydrogens (tertiary/aromatic N) is 2. The van der Waals surface area contributed by atoms with Gasteiger partial charge in [-0.05, 0) is 74.2 Å². The van der Waals surface area contributed by atoms with E-state index in [4.69, 9.17) is 0 Å². The number of anilines is 1. The van der Waals surface area contributed by atoms with E-state index < -0.39 is 0 Å². The lowest BCUT2D eigenvalue weighted by Crippen LogP contribution is -2.17. The molecule has 0 aromatic heterocycles. The lowest BCUT2D eigenvalue weighted by Gasteiger charge is -2.18. The van der Waals surface area contributed by atoms with Gasteiger partial charge in [0.1, 0.15) is 0 Å². The van der Waals surface area contributed by atoms with Gasteiger partial charge in [0.15, 0.2) is 5.78 Å². The first-order chi connectivity index (χ1) is 11.1. The summed E-state index contributed by atoms with van der Waals surface area (Å²) in [6.07, 6.45) is 4.48. The first-order valence-electron chi connectivity index (χ1n) is 8.14. The Morgan fingerprint density at radius 2 is 1.78 bits per heavy atom. The van der Waals surface area contributed by atoms with E-state index in [9.17, 15) is 4.79 Å². The van der Waals surface area contributed by atoms with Crippen molar-refractivity contribution in [2.75, 3.05) is 18.0 Å². The van der Waals surface area contributed by atoms with E-state index in [-0.39, 0.29) is 5.78 Å². The number of Topliss-reactive ketones (excluding diaryl/α,β-unsaturated/α-hetero) is 1. The van der Waals surface area contributed by atoms with E-state index >= 15 is 0 Å². The van der Waals surface area contributed by atoms with Gasteiger partial charge >= 0.3 is 0 Å². The number of aryl methyl sites for hydroxylation is 1. The molecule has 0 bridgehead atoms. The van der Waals surface area contributed by atoms with Gasteiger partial charge in [0.25, 0.3) is 0 Å². The average Bonchev–Trinajstić information content (AvgIpc) is 3.08. The molecule has 0 amide bonds. The Bertz CT molecular complexity index is 726. The van der Waals surface area contributed by atoms with Gasteiger partial charge in [-0.1, -0.05) is 6.07 Å². The van der Waals surface area contributed by atoms with Crippen LogP contribution in [0.5, 0.6) is 0 Å². The highest BCUT2D eigenvalue weighted by Gasteiger charge is 2.12. The Morgan fingerprint density at radius 1 is 1.09 bits per heavy atom. The second-order valence-corrected chi connectivity index (χ2v) is 6.10. The lowest BCUT2D eigenvalue weighted by molar-refractivity contribution is 0.101. The SMILES string of the molecule is CC(=O)c1ccc(N=Cc2ccc(N3CCCC3)cc2C)cc1. The maximum absolute atomic E-state index is 11.3. The molecule has 0 saturated carbocycles. The van der Waals surface area contributed by atoms with Crippen molar-refractivity contribution in [3.8, 4) is 0 Å². The van der Waals surface area contributed by atoms with E-state index in [1.54, 1.807) is 6.92 Å². The van der Waals surface area contributed by atoms with Gasteiger partial charge in [-0.3, -0.25) is 9.79 Å². The molecule has 0 spiro atoms. The van der Waals surface area contributed by atoms with Crippen molar-refractivity contribution in [2.45, 2.75) is 26.7 Å². The second-order valence-electron chi connectivity index (χ2n) is 6.10. The number of rotatable bonds is 4. The van der Waals surface area contributed by atoms with Gasteiger partial charge in [0.2, 0.25) is 0 Å². The molecule has 0 atom stereocenters. The third-order valence-corrected chi connectivity index (χ3v) is 4.35. The standard InChI is InChI=1S/C20H22N2O/c1-15-13-20(22-11-3-4-12-22)10-7-18(15)14-21-19-8-5-17(6-9-19)16(2)23/h5-10,13-14H,3-4,11-12H2,1-2H3.